The van der Waals surface area contributed by atoms with Gasteiger partial charge in [0.15, 0.2) is 0 Å². The normalized spacial score (nSPS) is 11.5. The molecule has 0 spiro atoms. The number of esters is 1. The molecule has 9 heteroatoms. The second-order valence-corrected chi connectivity index (χ2v) is 8.11. The van der Waals surface area contributed by atoms with Gasteiger partial charge in [-0.3, -0.25) is 4.72 Å². The molecule has 0 aliphatic heterocycles. The molecule has 136 valence electrons. The molecule has 2 aromatic carbocycles. The van der Waals surface area contributed by atoms with Gasteiger partial charge in [-0.25, -0.2) is 22.0 Å². The summed E-state index contributed by atoms with van der Waals surface area (Å²) >= 11 is 0.806. The minimum Gasteiger partial charge on any atom is -0.465 e. The molecule has 0 aliphatic rings. The third-order valence-corrected chi connectivity index (χ3v) is 6.40. The fourth-order valence-electron chi connectivity index (χ4n) is 2.43. The molecule has 0 aliphatic carbocycles. The molecule has 3 rings (SSSR count). The monoisotopic (exact) mass is 397 g/mol. The maximum Gasteiger partial charge on any atom is 0.349 e. The van der Waals surface area contributed by atoms with E-state index < -0.39 is 32.5 Å². The van der Waals surface area contributed by atoms with Gasteiger partial charge < -0.3 is 4.74 Å². The zero-order chi connectivity index (χ0) is 19.1. The molecule has 1 heterocycles. The summed E-state index contributed by atoms with van der Waals surface area (Å²) in [5.41, 5.74) is 0.301. The third-order valence-electron chi connectivity index (χ3n) is 3.68. The molecule has 26 heavy (non-hydrogen) atoms. The van der Waals surface area contributed by atoms with Crippen molar-refractivity contribution >= 4 is 43.1 Å². The summed E-state index contributed by atoms with van der Waals surface area (Å²) in [5, 5.41) is -0.210. The third kappa shape index (κ3) is 3.15. The zero-order valence-corrected chi connectivity index (χ0v) is 15.3. The predicted molar refractivity (Wildman–Crippen MR) is 95.1 cm³/mol. The lowest BCUT2D eigenvalue weighted by Crippen LogP contribution is -2.16. The Morgan fingerprint density at radius 3 is 2.54 bits per heavy atom. The Kier molecular flexibility index (Phi) is 4.68. The lowest BCUT2D eigenvalue weighted by Gasteiger charge is -2.10. The highest BCUT2D eigenvalue weighted by Gasteiger charge is 2.31. The van der Waals surface area contributed by atoms with E-state index in [-0.39, 0.29) is 20.7 Å². The number of carbonyl (C=O) groups is 1. The maximum atomic E-state index is 14.3. The Morgan fingerprint density at radius 1 is 1.15 bits per heavy atom. The Morgan fingerprint density at radius 2 is 1.88 bits per heavy atom. The van der Waals surface area contributed by atoms with Gasteiger partial charge in [-0.15, -0.1) is 11.3 Å². The van der Waals surface area contributed by atoms with E-state index in [1.54, 1.807) is 0 Å². The number of hydrogen-bond donors (Lipinski definition) is 1. The van der Waals surface area contributed by atoms with Crippen LogP contribution in [0.1, 0.15) is 15.2 Å². The van der Waals surface area contributed by atoms with E-state index >= 15 is 0 Å². The first-order valence-electron chi connectivity index (χ1n) is 7.33. The first-order valence-corrected chi connectivity index (χ1v) is 9.63. The van der Waals surface area contributed by atoms with Crippen molar-refractivity contribution in [3.63, 3.8) is 0 Å². The van der Waals surface area contributed by atoms with Gasteiger partial charge in [0.1, 0.15) is 21.4 Å². The van der Waals surface area contributed by atoms with Crippen LogP contribution in [-0.4, -0.2) is 21.5 Å². The largest absolute Gasteiger partial charge is 0.465 e. The summed E-state index contributed by atoms with van der Waals surface area (Å²) < 4.78 is 60.8. The van der Waals surface area contributed by atoms with Crippen LogP contribution >= 0.6 is 11.3 Å². The van der Waals surface area contributed by atoms with Crippen LogP contribution in [0.5, 0.6) is 0 Å². The number of fused-ring (bicyclic) bond motifs is 1. The number of sulfonamides is 1. The van der Waals surface area contributed by atoms with Gasteiger partial charge in [-0.2, -0.15) is 0 Å². The number of methoxy groups -OCH3 is 1. The number of halogens is 2. The molecule has 1 N–H and O–H groups in total. The number of thiophene rings is 1. The predicted octanol–water partition coefficient (Wildman–Crippen LogP) is 4.08. The van der Waals surface area contributed by atoms with Crippen molar-refractivity contribution in [2.24, 2.45) is 0 Å². The van der Waals surface area contributed by atoms with Crippen LogP contribution in [0.2, 0.25) is 0 Å². The summed E-state index contributed by atoms with van der Waals surface area (Å²) in [6.07, 6.45) is 0. The van der Waals surface area contributed by atoms with Gasteiger partial charge in [0.25, 0.3) is 10.0 Å². The molecular formula is C17H13F2NO4S2. The SMILES string of the molecule is COC(=O)c1sc2cccc(F)c2c1S(=O)(=O)Nc1ccc(C)c(F)c1. The van der Waals surface area contributed by atoms with Crippen LogP contribution < -0.4 is 4.72 Å². The molecule has 5 nitrogen and oxygen atoms in total. The molecule has 0 fully saturated rings. The van der Waals surface area contributed by atoms with Crippen LogP contribution in [0.25, 0.3) is 10.1 Å². The first-order chi connectivity index (χ1) is 12.2. The van der Waals surface area contributed by atoms with E-state index in [1.165, 1.54) is 31.2 Å². The van der Waals surface area contributed by atoms with Gasteiger partial charge in [0.05, 0.1) is 12.8 Å². The van der Waals surface area contributed by atoms with Crippen LogP contribution in [0.15, 0.2) is 41.3 Å². The zero-order valence-electron chi connectivity index (χ0n) is 13.7. The summed E-state index contributed by atoms with van der Waals surface area (Å²) in [5.74, 6) is -2.29. The maximum absolute atomic E-state index is 14.3. The molecule has 0 amide bonds. The summed E-state index contributed by atoms with van der Waals surface area (Å²) in [4.78, 5) is 11.2. The number of benzene rings is 2. The van der Waals surface area contributed by atoms with Crippen molar-refractivity contribution in [3.8, 4) is 0 Å². The minimum atomic E-state index is -4.38. The fraction of sp³-hybridized carbons (Fsp3) is 0.118. The van der Waals surface area contributed by atoms with Gasteiger partial charge >= 0.3 is 5.97 Å². The Balaban J connectivity index is 2.21. The number of hydrogen-bond acceptors (Lipinski definition) is 5. The second kappa shape index (κ2) is 6.65. The highest BCUT2D eigenvalue weighted by Crippen LogP contribution is 2.37. The highest BCUT2D eigenvalue weighted by molar-refractivity contribution is 7.93. The molecular weight excluding hydrogens is 384 g/mol. The Bertz CT molecular complexity index is 1120. The average Bonchev–Trinajstić information content (AvgIpc) is 2.99. The van der Waals surface area contributed by atoms with E-state index in [2.05, 4.69) is 9.46 Å². The first kappa shape index (κ1) is 18.3. The molecule has 1 aromatic heterocycles. The molecule has 0 radical (unpaired) electrons. The molecule has 0 bridgehead atoms. The van der Waals surface area contributed by atoms with Crippen molar-refractivity contribution in [1.29, 1.82) is 0 Å². The van der Waals surface area contributed by atoms with Crippen molar-refractivity contribution in [2.75, 3.05) is 11.8 Å². The number of nitrogens with one attached hydrogen (secondary N) is 1. The van der Waals surface area contributed by atoms with Crippen molar-refractivity contribution in [3.05, 3.63) is 58.5 Å². The summed E-state index contributed by atoms with van der Waals surface area (Å²) in [7, 11) is -3.28. The van der Waals surface area contributed by atoms with Crippen LogP contribution in [0.3, 0.4) is 0 Å². The second-order valence-electron chi connectivity index (χ2n) is 5.43. The molecule has 0 saturated heterocycles. The van der Waals surface area contributed by atoms with Crippen molar-refractivity contribution < 1.29 is 26.7 Å². The van der Waals surface area contributed by atoms with Crippen LogP contribution in [0, 0.1) is 18.6 Å². The number of aryl methyl sites for hydroxylation is 1. The lowest BCUT2D eigenvalue weighted by molar-refractivity contribution is 0.0602. The Hall–Kier alpha value is -2.52. The van der Waals surface area contributed by atoms with Crippen LogP contribution in [0.4, 0.5) is 14.5 Å². The average molecular weight is 397 g/mol. The molecule has 0 saturated carbocycles. The van der Waals surface area contributed by atoms with Crippen molar-refractivity contribution in [2.45, 2.75) is 11.8 Å². The van der Waals surface area contributed by atoms with Gasteiger partial charge in [-0.05, 0) is 36.8 Å². The van der Waals surface area contributed by atoms with Crippen molar-refractivity contribution in [1.82, 2.24) is 0 Å². The summed E-state index contributed by atoms with van der Waals surface area (Å²) in [6.45, 7) is 1.53. The minimum absolute atomic E-state index is 0.0420. The van der Waals surface area contributed by atoms with E-state index in [4.69, 9.17) is 0 Å². The van der Waals surface area contributed by atoms with E-state index in [1.807, 2.05) is 0 Å². The van der Waals surface area contributed by atoms with E-state index in [9.17, 15) is 22.0 Å². The number of ether oxygens (including phenoxy) is 1. The standard InChI is InChI=1S/C17H13F2NO4S2/c1-9-6-7-10(8-12(9)19)20-26(22,23)16-14-11(18)4-3-5-13(14)25-15(16)17(21)24-2/h3-8,20H,1-2H3. The quantitative estimate of drug-likeness (QED) is 0.674. The van der Waals surface area contributed by atoms with Gasteiger partial charge in [0, 0.05) is 10.1 Å². The molecule has 3 aromatic rings. The number of carbonyl (C=O) groups excluding carboxylic acids is 1. The molecule has 0 atom stereocenters. The number of anilines is 1. The molecule has 0 unspecified atom stereocenters. The smallest absolute Gasteiger partial charge is 0.349 e. The topological polar surface area (TPSA) is 72.5 Å². The summed E-state index contributed by atoms with van der Waals surface area (Å²) in [6, 6.07) is 7.80. The van der Waals surface area contributed by atoms with Gasteiger partial charge in [0.2, 0.25) is 0 Å². The number of rotatable bonds is 4. The lowest BCUT2D eigenvalue weighted by atomic mass is 10.2. The highest BCUT2D eigenvalue weighted by atomic mass is 32.2. The van der Waals surface area contributed by atoms with Gasteiger partial charge in [-0.1, -0.05) is 12.1 Å². The van der Waals surface area contributed by atoms with Crippen LogP contribution in [-0.2, 0) is 14.8 Å². The van der Waals surface area contributed by atoms with E-state index in [0.29, 0.717) is 5.56 Å². The Labute approximate surface area is 152 Å². The van der Waals surface area contributed by atoms with E-state index in [0.717, 1.165) is 30.6 Å². The fourth-order valence-corrected chi connectivity index (χ4v) is 5.32.